The fourth-order valence-electron chi connectivity index (χ4n) is 1.16. The van der Waals surface area contributed by atoms with Crippen molar-refractivity contribution in [2.75, 3.05) is 5.73 Å². The van der Waals surface area contributed by atoms with Crippen molar-refractivity contribution >= 4 is 16.7 Å². The number of hydrogen-bond donors (Lipinski definition) is 2. The smallest absolute Gasteiger partial charge is 0.326 e. The number of rotatable bonds is 0. The van der Waals surface area contributed by atoms with E-state index in [0.29, 0.717) is 11.2 Å². The molecule has 3 N–H and O–H groups in total. The molecule has 5 nitrogen and oxygen atoms in total. The van der Waals surface area contributed by atoms with Gasteiger partial charge in [-0.25, -0.2) is 4.79 Å². The maximum absolute atomic E-state index is 11.1. The van der Waals surface area contributed by atoms with Gasteiger partial charge in [-0.1, -0.05) is 0 Å². The van der Waals surface area contributed by atoms with Gasteiger partial charge in [-0.05, 0) is 0 Å². The first kappa shape index (κ1) is 6.90. The molecule has 0 aliphatic rings. The van der Waals surface area contributed by atoms with Gasteiger partial charge in [-0.2, -0.15) is 0 Å². The third-order valence-electron chi connectivity index (χ3n) is 1.85. The Labute approximate surface area is 67.8 Å². The number of nitrogen functional groups attached to an aromatic ring is 1. The maximum atomic E-state index is 11.1. The molecular weight excluding hydrogens is 156 g/mol. The van der Waals surface area contributed by atoms with Crippen molar-refractivity contribution < 1.29 is 0 Å². The first-order chi connectivity index (χ1) is 5.70. The number of pyridine rings is 1. The van der Waals surface area contributed by atoms with Crippen LogP contribution >= 0.6 is 0 Å². The summed E-state index contributed by atoms with van der Waals surface area (Å²) in [4.78, 5) is 17.6. The number of nitrogens with two attached hydrogens (primary N) is 1. The van der Waals surface area contributed by atoms with Crippen molar-refractivity contribution in [2.45, 2.75) is 0 Å². The predicted octanol–water partition coefficient (Wildman–Crippen LogP) is -0.156. The number of aryl methyl sites for hydroxylation is 1. The van der Waals surface area contributed by atoms with Crippen LogP contribution in [-0.2, 0) is 7.05 Å². The first-order valence-electron chi connectivity index (χ1n) is 3.48. The molecule has 0 saturated heterocycles. The summed E-state index contributed by atoms with van der Waals surface area (Å²) in [5.41, 5.74) is 7.28. The van der Waals surface area contributed by atoms with Crippen molar-refractivity contribution in [3.05, 3.63) is 22.9 Å². The van der Waals surface area contributed by atoms with E-state index in [1.165, 1.54) is 10.8 Å². The minimum Gasteiger partial charge on any atom is -0.396 e. The van der Waals surface area contributed by atoms with E-state index in [-0.39, 0.29) is 5.69 Å². The molecule has 0 aliphatic heterocycles. The molecule has 0 aliphatic carbocycles. The van der Waals surface area contributed by atoms with Crippen LogP contribution in [0.4, 0.5) is 5.69 Å². The highest BCUT2D eigenvalue weighted by atomic mass is 16.1. The summed E-state index contributed by atoms with van der Waals surface area (Å²) in [6, 6.07) is 0. The normalized spacial score (nSPS) is 10.8. The van der Waals surface area contributed by atoms with Gasteiger partial charge in [0.2, 0.25) is 0 Å². The molecule has 0 atom stereocenters. The largest absolute Gasteiger partial charge is 0.396 e. The van der Waals surface area contributed by atoms with Crippen LogP contribution in [0.25, 0.3) is 11.0 Å². The summed E-state index contributed by atoms with van der Waals surface area (Å²) in [6.07, 6.45) is 3.11. The molecule has 2 aromatic heterocycles. The second kappa shape index (κ2) is 2.10. The van der Waals surface area contributed by atoms with Crippen molar-refractivity contribution in [1.82, 2.24) is 14.5 Å². The lowest BCUT2D eigenvalue weighted by Crippen LogP contribution is -2.11. The van der Waals surface area contributed by atoms with E-state index >= 15 is 0 Å². The lowest BCUT2D eigenvalue weighted by molar-refractivity contribution is 0.890. The zero-order chi connectivity index (χ0) is 8.72. The van der Waals surface area contributed by atoms with Gasteiger partial charge in [-0.3, -0.25) is 9.55 Å². The number of imidazole rings is 1. The molecule has 0 fully saturated rings. The Bertz CT molecular complexity index is 482. The molecule has 2 rings (SSSR count). The molecule has 0 unspecified atom stereocenters. The van der Waals surface area contributed by atoms with Crippen LogP contribution < -0.4 is 11.4 Å². The van der Waals surface area contributed by atoms with Crippen LogP contribution in [-0.4, -0.2) is 14.5 Å². The van der Waals surface area contributed by atoms with Gasteiger partial charge >= 0.3 is 5.69 Å². The standard InChI is InChI=1S/C7H8N4O/c1-11-5-3-9-2-4(8)6(5)10-7(11)12/h2-3H,8H2,1H3,(H,10,12). The van der Waals surface area contributed by atoms with Gasteiger partial charge in [0, 0.05) is 7.05 Å². The number of H-pyrrole nitrogens is 1. The zero-order valence-electron chi connectivity index (χ0n) is 6.53. The van der Waals surface area contributed by atoms with E-state index in [1.807, 2.05) is 0 Å². The molecule has 0 bridgehead atoms. The van der Waals surface area contributed by atoms with E-state index in [1.54, 1.807) is 13.2 Å². The van der Waals surface area contributed by atoms with Gasteiger partial charge in [0.05, 0.1) is 29.1 Å². The van der Waals surface area contributed by atoms with E-state index in [4.69, 9.17) is 5.73 Å². The molecule has 12 heavy (non-hydrogen) atoms. The molecule has 0 spiro atoms. The van der Waals surface area contributed by atoms with E-state index in [0.717, 1.165) is 5.52 Å². The molecule has 62 valence electrons. The van der Waals surface area contributed by atoms with Crippen LogP contribution in [0.1, 0.15) is 0 Å². The van der Waals surface area contributed by atoms with Crippen LogP contribution in [0.3, 0.4) is 0 Å². The second-order valence-corrected chi connectivity index (χ2v) is 2.61. The number of fused-ring (bicyclic) bond motifs is 1. The Morgan fingerprint density at radius 2 is 2.33 bits per heavy atom. The number of nitrogens with zero attached hydrogens (tertiary/aromatic N) is 2. The Balaban J connectivity index is 3.05. The van der Waals surface area contributed by atoms with Gasteiger partial charge in [0.15, 0.2) is 0 Å². The van der Waals surface area contributed by atoms with Gasteiger partial charge in [0.1, 0.15) is 0 Å². The molecular formula is C7H8N4O. The van der Waals surface area contributed by atoms with Gasteiger partial charge in [-0.15, -0.1) is 0 Å². The van der Waals surface area contributed by atoms with Crippen molar-refractivity contribution in [3.63, 3.8) is 0 Å². The van der Waals surface area contributed by atoms with Crippen LogP contribution in [0.15, 0.2) is 17.2 Å². The van der Waals surface area contributed by atoms with Gasteiger partial charge < -0.3 is 10.7 Å². The number of aromatic nitrogens is 3. The number of anilines is 1. The SMILES string of the molecule is Cn1c(=O)[nH]c2c(N)cncc21. The van der Waals surface area contributed by atoms with Crippen LogP contribution in [0.5, 0.6) is 0 Å². The minimum atomic E-state index is -0.176. The molecule has 5 heteroatoms. The predicted molar refractivity (Wildman–Crippen MR) is 45.7 cm³/mol. The Morgan fingerprint density at radius 1 is 1.58 bits per heavy atom. The topological polar surface area (TPSA) is 76.7 Å². The Kier molecular flexibility index (Phi) is 1.21. The van der Waals surface area contributed by atoms with E-state index in [9.17, 15) is 4.79 Å². The average molecular weight is 164 g/mol. The molecule has 0 aromatic carbocycles. The first-order valence-corrected chi connectivity index (χ1v) is 3.48. The molecule has 0 radical (unpaired) electrons. The van der Waals surface area contributed by atoms with E-state index < -0.39 is 0 Å². The van der Waals surface area contributed by atoms with Gasteiger partial charge in [0.25, 0.3) is 0 Å². The summed E-state index contributed by atoms with van der Waals surface area (Å²) < 4.78 is 1.47. The number of aromatic amines is 1. The fraction of sp³-hybridized carbons (Fsp3) is 0.143. The van der Waals surface area contributed by atoms with Crippen molar-refractivity contribution in [1.29, 1.82) is 0 Å². The Morgan fingerprint density at radius 3 is 3.00 bits per heavy atom. The van der Waals surface area contributed by atoms with Crippen molar-refractivity contribution in [3.8, 4) is 0 Å². The molecule has 2 aromatic rings. The van der Waals surface area contributed by atoms with Crippen LogP contribution in [0, 0.1) is 0 Å². The Hall–Kier alpha value is -1.78. The fourth-order valence-corrected chi connectivity index (χ4v) is 1.16. The molecule has 0 amide bonds. The zero-order valence-corrected chi connectivity index (χ0v) is 6.53. The summed E-state index contributed by atoms with van der Waals surface area (Å²) in [5.74, 6) is 0. The molecule has 2 heterocycles. The monoisotopic (exact) mass is 164 g/mol. The lowest BCUT2D eigenvalue weighted by atomic mass is 10.4. The second-order valence-electron chi connectivity index (χ2n) is 2.61. The quantitative estimate of drug-likeness (QED) is 0.568. The van der Waals surface area contributed by atoms with E-state index in [2.05, 4.69) is 9.97 Å². The number of nitrogens with one attached hydrogen (secondary N) is 1. The summed E-state index contributed by atoms with van der Waals surface area (Å²) in [7, 11) is 1.67. The lowest BCUT2D eigenvalue weighted by Gasteiger charge is -1.94. The van der Waals surface area contributed by atoms with Crippen LogP contribution in [0.2, 0.25) is 0 Å². The summed E-state index contributed by atoms with van der Waals surface area (Å²) in [6.45, 7) is 0. The third-order valence-corrected chi connectivity index (χ3v) is 1.85. The maximum Gasteiger partial charge on any atom is 0.326 e. The average Bonchev–Trinajstić information content (AvgIpc) is 2.32. The highest BCUT2D eigenvalue weighted by Crippen LogP contribution is 2.13. The van der Waals surface area contributed by atoms with Crippen molar-refractivity contribution in [2.24, 2.45) is 7.05 Å². The highest BCUT2D eigenvalue weighted by Gasteiger charge is 2.04. The summed E-state index contributed by atoms with van der Waals surface area (Å²) >= 11 is 0. The summed E-state index contributed by atoms with van der Waals surface area (Å²) in [5, 5.41) is 0. The third kappa shape index (κ3) is 0.730. The number of hydrogen-bond acceptors (Lipinski definition) is 3. The minimum absolute atomic E-state index is 0.176. The molecule has 0 saturated carbocycles. The highest BCUT2D eigenvalue weighted by molar-refractivity contribution is 5.85.